The van der Waals surface area contributed by atoms with Gasteiger partial charge in [-0.1, -0.05) is 79.5 Å². The summed E-state index contributed by atoms with van der Waals surface area (Å²) in [6, 6.07) is 24.7. The summed E-state index contributed by atoms with van der Waals surface area (Å²) in [5.74, 6) is -0.636. The molecule has 11 nitrogen and oxygen atoms in total. The molecule has 4 rings (SSSR count). The number of aryl methyl sites for hydroxylation is 1. The van der Waals surface area contributed by atoms with Crippen molar-refractivity contribution >= 4 is 44.8 Å². The van der Waals surface area contributed by atoms with Gasteiger partial charge in [0.2, 0.25) is 11.8 Å². The van der Waals surface area contributed by atoms with Crippen LogP contribution in [0, 0.1) is 17.0 Å². The van der Waals surface area contributed by atoms with E-state index in [0.717, 1.165) is 28.8 Å². The van der Waals surface area contributed by atoms with Crippen LogP contribution in [-0.2, 0) is 32.6 Å². The average molecular weight is 707 g/mol. The van der Waals surface area contributed by atoms with Crippen LogP contribution in [0.5, 0.6) is 5.75 Å². The second-order valence-corrected chi connectivity index (χ2v) is 13.6. The number of sulfonamides is 1. The third-order valence-corrected chi connectivity index (χ3v) is 10.1. The fourth-order valence-corrected chi connectivity index (χ4v) is 6.85. The number of rotatable bonds is 16. The molecule has 4 aromatic rings. The molecule has 4 aromatic carbocycles. The molecule has 0 fully saturated rings. The van der Waals surface area contributed by atoms with E-state index >= 15 is 0 Å². The van der Waals surface area contributed by atoms with Gasteiger partial charge in [-0.25, -0.2) is 8.42 Å². The lowest BCUT2D eigenvalue weighted by molar-refractivity contribution is -0.385. The molecule has 0 heterocycles. The molecule has 1 N–H and O–H groups in total. The van der Waals surface area contributed by atoms with Gasteiger partial charge < -0.3 is 15.0 Å². The van der Waals surface area contributed by atoms with Gasteiger partial charge in [0.25, 0.3) is 15.7 Å². The number of nitrogens with zero attached hydrogens (tertiary/aromatic N) is 3. The number of ether oxygens (including phenoxy) is 1. The Hall–Kier alpha value is -4.94. The Morgan fingerprint density at radius 1 is 0.980 bits per heavy atom. The Labute approximate surface area is 291 Å². The second-order valence-electron chi connectivity index (χ2n) is 11.4. The lowest BCUT2D eigenvalue weighted by Crippen LogP contribution is -2.53. The summed E-state index contributed by atoms with van der Waals surface area (Å²) in [5, 5.41) is 15.0. The number of nitro benzene ring substituents is 1. The predicted octanol–water partition coefficient (Wildman–Crippen LogP) is 6.32. The van der Waals surface area contributed by atoms with Gasteiger partial charge in [0.05, 0.1) is 22.6 Å². The van der Waals surface area contributed by atoms with Crippen LogP contribution in [0.4, 0.5) is 11.4 Å². The molecule has 0 saturated carbocycles. The number of methoxy groups -OCH3 is 1. The first-order valence-electron chi connectivity index (χ1n) is 15.7. The minimum absolute atomic E-state index is 0.0935. The van der Waals surface area contributed by atoms with E-state index < -0.39 is 39.3 Å². The molecule has 13 heteroatoms. The highest BCUT2D eigenvalue weighted by Gasteiger charge is 2.35. The molecule has 0 spiro atoms. The summed E-state index contributed by atoms with van der Waals surface area (Å²) in [5.41, 5.74) is 1.36. The first-order valence-corrected chi connectivity index (χ1v) is 17.5. The van der Waals surface area contributed by atoms with Crippen LogP contribution in [0.15, 0.2) is 102 Å². The summed E-state index contributed by atoms with van der Waals surface area (Å²) in [4.78, 5) is 40.5. The number of unbranched alkanes of at least 4 members (excludes halogenated alkanes) is 1. The van der Waals surface area contributed by atoms with E-state index in [0.29, 0.717) is 22.9 Å². The van der Waals surface area contributed by atoms with Gasteiger partial charge in [-0.05, 0) is 60.9 Å². The molecule has 258 valence electrons. The largest absolute Gasteiger partial charge is 0.497 e. The lowest BCUT2D eigenvalue weighted by Gasteiger charge is -2.34. The highest BCUT2D eigenvalue weighted by Crippen LogP contribution is 2.30. The molecule has 0 bridgehead atoms. The maximum absolute atomic E-state index is 14.6. The Kier molecular flexibility index (Phi) is 12.8. The third kappa shape index (κ3) is 9.36. The van der Waals surface area contributed by atoms with Crippen molar-refractivity contribution in [3.05, 3.63) is 129 Å². The fourth-order valence-electron chi connectivity index (χ4n) is 5.22. The minimum Gasteiger partial charge on any atom is -0.497 e. The van der Waals surface area contributed by atoms with Crippen molar-refractivity contribution in [1.29, 1.82) is 0 Å². The van der Waals surface area contributed by atoms with Gasteiger partial charge in [-0.3, -0.25) is 24.0 Å². The smallest absolute Gasteiger partial charge is 0.273 e. The molecule has 1 atom stereocenters. The van der Waals surface area contributed by atoms with Crippen molar-refractivity contribution < 1.29 is 27.7 Å². The number of carbonyl (C=O) groups excluding carboxylic acids is 2. The molecule has 49 heavy (non-hydrogen) atoms. The van der Waals surface area contributed by atoms with E-state index in [9.17, 15) is 28.1 Å². The normalized spacial score (nSPS) is 11.8. The Morgan fingerprint density at radius 3 is 2.29 bits per heavy atom. The van der Waals surface area contributed by atoms with E-state index in [1.165, 1.54) is 43.2 Å². The monoisotopic (exact) mass is 706 g/mol. The van der Waals surface area contributed by atoms with Gasteiger partial charge in [0, 0.05) is 36.2 Å². The third-order valence-electron chi connectivity index (χ3n) is 8.00. The summed E-state index contributed by atoms with van der Waals surface area (Å²) in [6.07, 6.45) is 1.72. The Bertz CT molecular complexity index is 1870. The molecule has 0 aliphatic heterocycles. The summed E-state index contributed by atoms with van der Waals surface area (Å²) >= 11 is 6.54. The maximum Gasteiger partial charge on any atom is 0.273 e. The molecule has 0 aromatic heterocycles. The van der Waals surface area contributed by atoms with Crippen molar-refractivity contribution in [2.24, 2.45) is 0 Å². The van der Waals surface area contributed by atoms with Crippen LogP contribution in [0.1, 0.15) is 36.5 Å². The number of benzene rings is 4. The fraction of sp³-hybridized carbons (Fsp3) is 0.278. The number of hydrogen-bond donors (Lipinski definition) is 1. The zero-order valence-electron chi connectivity index (χ0n) is 27.5. The van der Waals surface area contributed by atoms with E-state index in [2.05, 4.69) is 5.32 Å². The highest BCUT2D eigenvalue weighted by molar-refractivity contribution is 7.92. The molecular weight excluding hydrogens is 668 g/mol. The topological polar surface area (TPSA) is 139 Å². The molecule has 0 saturated heterocycles. The van der Waals surface area contributed by atoms with Crippen LogP contribution < -0.4 is 14.4 Å². The molecular formula is C36H39ClN4O7S. The minimum atomic E-state index is -4.56. The van der Waals surface area contributed by atoms with E-state index in [4.69, 9.17) is 16.3 Å². The summed E-state index contributed by atoms with van der Waals surface area (Å²) in [6.45, 7) is 3.08. The van der Waals surface area contributed by atoms with Crippen LogP contribution in [-0.4, -0.2) is 56.3 Å². The van der Waals surface area contributed by atoms with Gasteiger partial charge in [0.15, 0.2) is 0 Å². The summed E-state index contributed by atoms with van der Waals surface area (Å²) in [7, 11) is -3.10. The predicted molar refractivity (Wildman–Crippen MR) is 189 cm³/mol. The highest BCUT2D eigenvalue weighted by atomic mass is 35.5. The van der Waals surface area contributed by atoms with Crippen molar-refractivity contribution in [1.82, 2.24) is 10.2 Å². The zero-order valence-corrected chi connectivity index (χ0v) is 29.1. The van der Waals surface area contributed by atoms with Crippen molar-refractivity contribution in [3.8, 4) is 5.75 Å². The standard InChI is InChI=1S/C36H39ClN4O7S/c1-4-5-21-38-36(43)34(22-27-11-7-6-8-12-27)39(24-28-13-9-10-14-32(28)37)35(42)25-40(29-16-18-30(48-3)19-17-29)49(46,47)31-20-15-26(2)33(23-31)41(44)45/h6-20,23,34H,4-5,21-22,24-25H2,1-3H3,(H,38,43)/t34-/m0/s1. The first kappa shape index (κ1) is 36.9. The van der Waals surface area contributed by atoms with Crippen LogP contribution in [0.3, 0.4) is 0 Å². The average Bonchev–Trinajstić information content (AvgIpc) is 3.09. The van der Waals surface area contributed by atoms with Crippen molar-refractivity contribution in [2.45, 2.75) is 50.6 Å². The van der Waals surface area contributed by atoms with Gasteiger partial charge in [-0.2, -0.15) is 0 Å². The molecule has 0 radical (unpaired) electrons. The van der Waals surface area contributed by atoms with Gasteiger partial charge in [0.1, 0.15) is 18.3 Å². The number of amides is 2. The molecule has 0 aliphatic rings. The van der Waals surface area contributed by atoms with Crippen LogP contribution in [0.25, 0.3) is 0 Å². The number of hydrogen-bond acceptors (Lipinski definition) is 7. The number of carbonyl (C=O) groups is 2. The van der Waals surface area contributed by atoms with Crippen molar-refractivity contribution in [3.63, 3.8) is 0 Å². The Morgan fingerprint density at radius 2 is 1.65 bits per heavy atom. The SMILES string of the molecule is CCCCNC(=O)[C@H](Cc1ccccc1)N(Cc1ccccc1Cl)C(=O)CN(c1ccc(OC)cc1)S(=O)(=O)c1ccc(C)c([N+](=O)[O-])c1. The van der Waals surface area contributed by atoms with E-state index in [1.54, 1.807) is 36.4 Å². The van der Waals surface area contributed by atoms with Crippen LogP contribution >= 0.6 is 11.6 Å². The number of nitro groups is 1. The molecule has 0 aliphatic carbocycles. The van der Waals surface area contributed by atoms with Crippen LogP contribution in [0.2, 0.25) is 5.02 Å². The van der Waals surface area contributed by atoms with Crippen molar-refractivity contribution in [2.75, 3.05) is 24.5 Å². The quantitative estimate of drug-likeness (QED) is 0.0818. The number of halogens is 1. The zero-order chi connectivity index (χ0) is 35.6. The number of nitrogens with one attached hydrogen (secondary N) is 1. The molecule has 2 amide bonds. The Balaban J connectivity index is 1.84. The van der Waals surface area contributed by atoms with Gasteiger partial charge in [-0.15, -0.1) is 0 Å². The van der Waals surface area contributed by atoms with E-state index in [-0.39, 0.29) is 34.8 Å². The lowest BCUT2D eigenvalue weighted by atomic mass is 10.0. The van der Waals surface area contributed by atoms with Gasteiger partial charge >= 0.3 is 0 Å². The summed E-state index contributed by atoms with van der Waals surface area (Å²) < 4.78 is 34.8. The maximum atomic E-state index is 14.6. The second kappa shape index (κ2) is 16.9. The first-order chi connectivity index (χ1) is 23.5. The number of anilines is 1. The van der Waals surface area contributed by atoms with E-state index in [1.807, 2.05) is 37.3 Å². The molecule has 0 unspecified atom stereocenters.